The molecule has 1 aromatic rings. The van der Waals surface area contributed by atoms with Crippen LogP contribution in [0, 0.1) is 5.82 Å². The van der Waals surface area contributed by atoms with Gasteiger partial charge in [-0.1, -0.05) is 0 Å². The molecule has 0 aliphatic carbocycles. The highest BCUT2D eigenvalue weighted by Gasteiger charge is 2.25. The summed E-state index contributed by atoms with van der Waals surface area (Å²) in [5.74, 6) is -0.474. The van der Waals surface area contributed by atoms with Gasteiger partial charge in [0.25, 0.3) is 0 Å². The van der Waals surface area contributed by atoms with Crippen molar-refractivity contribution in [2.24, 2.45) is 0 Å². The summed E-state index contributed by atoms with van der Waals surface area (Å²) < 4.78 is 18.0. The van der Waals surface area contributed by atoms with Crippen LogP contribution in [0.4, 0.5) is 20.6 Å². The number of carbonyl (C=O) groups excluding carboxylic acids is 1. The molecule has 1 aliphatic rings. The molecular weight excluding hydrogens is 223 g/mol. The number of nitrogens with zero attached hydrogens (tertiary/aromatic N) is 1. The summed E-state index contributed by atoms with van der Waals surface area (Å²) in [5, 5.41) is 0. The molecule has 0 atom stereocenters. The fourth-order valence-corrected chi connectivity index (χ4v) is 1.35. The summed E-state index contributed by atoms with van der Waals surface area (Å²) in [6.07, 6.45) is -0.533. The number of rotatable bonds is 1. The van der Waals surface area contributed by atoms with Crippen molar-refractivity contribution in [1.29, 1.82) is 0 Å². The maximum absolute atomic E-state index is 13.3. The number of nitrogens with two attached hydrogens (primary N) is 1. The first-order chi connectivity index (χ1) is 6.68. The van der Waals surface area contributed by atoms with E-state index in [1.54, 1.807) is 0 Å². The normalized spacial score (nSPS) is 14.7. The van der Waals surface area contributed by atoms with Crippen LogP contribution in [0.15, 0.2) is 18.2 Å². The average Bonchev–Trinajstić information content (AvgIpc) is 2.56. The summed E-state index contributed by atoms with van der Waals surface area (Å²) in [5.41, 5.74) is 6.09. The van der Waals surface area contributed by atoms with Gasteiger partial charge >= 0.3 is 6.09 Å². The Hall–Kier alpha value is -1.49. The lowest BCUT2D eigenvalue weighted by molar-refractivity contribution is 0.181. The number of anilines is 2. The van der Waals surface area contributed by atoms with Crippen LogP contribution < -0.4 is 10.6 Å². The van der Waals surface area contributed by atoms with Gasteiger partial charge < -0.3 is 10.5 Å². The minimum atomic E-state index is -0.533. The van der Waals surface area contributed by atoms with Gasteiger partial charge in [-0.25, -0.2) is 9.18 Å². The van der Waals surface area contributed by atoms with E-state index in [4.69, 9.17) is 10.5 Å². The molecule has 0 radical (unpaired) electrons. The fraction of sp³-hybridized carbons (Fsp3) is 0.222. The monoisotopic (exact) mass is 232 g/mol. The van der Waals surface area contributed by atoms with Crippen LogP contribution in [0.2, 0.25) is 0 Å². The van der Waals surface area contributed by atoms with Crippen molar-refractivity contribution in [2.75, 3.05) is 23.8 Å². The third-order valence-corrected chi connectivity index (χ3v) is 2.02. The Morgan fingerprint density at radius 3 is 2.80 bits per heavy atom. The molecule has 2 rings (SSSR count). The third-order valence-electron chi connectivity index (χ3n) is 2.02. The average molecular weight is 233 g/mol. The molecule has 1 heterocycles. The highest BCUT2D eigenvalue weighted by Crippen LogP contribution is 2.24. The number of nitrogen functional groups attached to an aromatic ring is 1. The molecule has 1 fully saturated rings. The smallest absolute Gasteiger partial charge is 0.414 e. The second-order valence-corrected chi connectivity index (χ2v) is 2.98. The standard InChI is InChI=1S/C9H9FN2O2.ClH/c10-7-2-1-6(11)5-8(7)12-3-4-14-9(12)13;/h1-2,5H,3-4,11H2;1H. The van der Waals surface area contributed by atoms with E-state index >= 15 is 0 Å². The molecule has 0 aromatic heterocycles. The van der Waals surface area contributed by atoms with Crippen molar-refractivity contribution < 1.29 is 13.9 Å². The predicted octanol–water partition coefficient (Wildman–Crippen LogP) is 1.79. The van der Waals surface area contributed by atoms with Crippen molar-refractivity contribution in [1.82, 2.24) is 0 Å². The van der Waals surface area contributed by atoms with Gasteiger partial charge in [0.1, 0.15) is 12.4 Å². The van der Waals surface area contributed by atoms with Gasteiger partial charge in [0.2, 0.25) is 0 Å². The molecule has 0 unspecified atom stereocenters. The SMILES string of the molecule is Cl.Nc1ccc(F)c(N2CCOC2=O)c1. The Morgan fingerprint density at radius 1 is 1.47 bits per heavy atom. The topological polar surface area (TPSA) is 55.6 Å². The largest absolute Gasteiger partial charge is 0.447 e. The number of halogens is 2. The third kappa shape index (κ3) is 2.12. The van der Waals surface area contributed by atoms with Gasteiger partial charge in [-0.15, -0.1) is 12.4 Å². The van der Waals surface area contributed by atoms with Crippen LogP contribution >= 0.6 is 12.4 Å². The van der Waals surface area contributed by atoms with Crippen molar-refractivity contribution in [3.63, 3.8) is 0 Å². The highest BCUT2D eigenvalue weighted by molar-refractivity contribution is 5.90. The number of ether oxygens (including phenoxy) is 1. The zero-order valence-corrected chi connectivity index (χ0v) is 8.59. The summed E-state index contributed by atoms with van der Waals surface area (Å²) in [6.45, 7) is 0.645. The van der Waals surface area contributed by atoms with Gasteiger partial charge in [0, 0.05) is 5.69 Å². The molecule has 1 aromatic carbocycles. The van der Waals surface area contributed by atoms with Gasteiger partial charge in [-0.05, 0) is 18.2 Å². The first-order valence-electron chi connectivity index (χ1n) is 4.18. The van der Waals surface area contributed by atoms with E-state index in [-0.39, 0.29) is 24.7 Å². The van der Waals surface area contributed by atoms with E-state index in [0.29, 0.717) is 12.2 Å². The van der Waals surface area contributed by atoms with Gasteiger partial charge in [-0.3, -0.25) is 4.90 Å². The van der Waals surface area contributed by atoms with Crippen molar-refractivity contribution in [3.05, 3.63) is 24.0 Å². The second-order valence-electron chi connectivity index (χ2n) is 2.98. The summed E-state index contributed by atoms with van der Waals surface area (Å²) in [7, 11) is 0. The van der Waals surface area contributed by atoms with E-state index in [0.717, 1.165) is 0 Å². The molecule has 0 spiro atoms. The van der Waals surface area contributed by atoms with Crippen LogP contribution in [-0.4, -0.2) is 19.2 Å². The molecule has 15 heavy (non-hydrogen) atoms. The Kier molecular flexibility index (Phi) is 3.36. The Labute approximate surface area is 92.2 Å². The molecule has 0 bridgehead atoms. The Bertz CT molecular complexity index is 386. The number of hydrogen-bond donors (Lipinski definition) is 1. The van der Waals surface area contributed by atoms with Crippen molar-refractivity contribution >= 4 is 29.9 Å². The summed E-state index contributed by atoms with van der Waals surface area (Å²) in [4.78, 5) is 12.4. The maximum Gasteiger partial charge on any atom is 0.414 e. The molecule has 0 saturated carbocycles. The van der Waals surface area contributed by atoms with Crippen molar-refractivity contribution in [3.8, 4) is 0 Å². The van der Waals surface area contributed by atoms with Crippen LogP contribution in [0.3, 0.4) is 0 Å². The maximum atomic E-state index is 13.3. The zero-order valence-electron chi connectivity index (χ0n) is 7.77. The molecule has 2 N–H and O–H groups in total. The molecule has 1 saturated heterocycles. The first kappa shape index (κ1) is 11.6. The number of cyclic esters (lactones) is 1. The van der Waals surface area contributed by atoms with Gasteiger partial charge in [-0.2, -0.15) is 0 Å². The summed E-state index contributed by atoms with van der Waals surface area (Å²) in [6, 6.07) is 4.10. The lowest BCUT2D eigenvalue weighted by Crippen LogP contribution is -2.24. The van der Waals surface area contributed by atoms with E-state index in [2.05, 4.69) is 0 Å². The second kappa shape index (κ2) is 4.35. The zero-order chi connectivity index (χ0) is 10.1. The first-order valence-corrected chi connectivity index (χ1v) is 4.18. The van der Waals surface area contributed by atoms with Gasteiger partial charge in [0.15, 0.2) is 0 Å². The van der Waals surface area contributed by atoms with Crippen LogP contribution in [0.5, 0.6) is 0 Å². The van der Waals surface area contributed by atoms with Crippen LogP contribution in [0.25, 0.3) is 0 Å². The lowest BCUT2D eigenvalue weighted by Gasteiger charge is -2.13. The predicted molar refractivity (Wildman–Crippen MR) is 56.8 cm³/mol. The number of amides is 1. The van der Waals surface area contributed by atoms with Crippen molar-refractivity contribution in [2.45, 2.75) is 0 Å². The minimum Gasteiger partial charge on any atom is -0.447 e. The van der Waals surface area contributed by atoms with E-state index in [1.165, 1.54) is 23.1 Å². The molecule has 1 amide bonds. The van der Waals surface area contributed by atoms with E-state index in [1.807, 2.05) is 0 Å². The summed E-state index contributed by atoms with van der Waals surface area (Å²) >= 11 is 0. The molecule has 82 valence electrons. The fourth-order valence-electron chi connectivity index (χ4n) is 1.35. The van der Waals surface area contributed by atoms with Crippen LogP contribution in [0.1, 0.15) is 0 Å². The molecule has 4 nitrogen and oxygen atoms in total. The lowest BCUT2D eigenvalue weighted by atomic mass is 10.2. The number of hydrogen-bond acceptors (Lipinski definition) is 3. The Balaban J connectivity index is 0.00000112. The van der Waals surface area contributed by atoms with E-state index in [9.17, 15) is 9.18 Å². The Morgan fingerprint density at radius 2 is 2.20 bits per heavy atom. The molecule has 1 aliphatic heterocycles. The van der Waals surface area contributed by atoms with Gasteiger partial charge in [0.05, 0.1) is 12.2 Å². The van der Waals surface area contributed by atoms with E-state index < -0.39 is 11.9 Å². The van der Waals surface area contributed by atoms with Crippen LogP contribution in [-0.2, 0) is 4.74 Å². The molecular formula is C9H10ClFN2O2. The minimum absolute atomic E-state index is 0. The number of benzene rings is 1. The quantitative estimate of drug-likeness (QED) is 0.751. The number of carbonyl (C=O) groups is 1. The molecule has 6 heteroatoms. The highest BCUT2D eigenvalue weighted by atomic mass is 35.5.